The molecule has 7 nitrogen and oxygen atoms in total. The van der Waals surface area contributed by atoms with Gasteiger partial charge in [-0.3, -0.25) is 14.5 Å². The van der Waals surface area contributed by atoms with E-state index in [0.29, 0.717) is 17.0 Å². The highest BCUT2D eigenvalue weighted by molar-refractivity contribution is 6.51. The van der Waals surface area contributed by atoms with Gasteiger partial charge >= 0.3 is 0 Å². The molecule has 0 saturated carbocycles. The van der Waals surface area contributed by atoms with Crippen molar-refractivity contribution in [3.05, 3.63) is 87.9 Å². The molecule has 36 heavy (non-hydrogen) atoms. The number of benzene rings is 3. The van der Waals surface area contributed by atoms with Crippen molar-refractivity contribution in [1.29, 1.82) is 0 Å². The first-order valence-corrected chi connectivity index (χ1v) is 11.6. The Hall–Kier alpha value is -3.97. The van der Waals surface area contributed by atoms with Gasteiger partial charge < -0.3 is 19.5 Å². The topological polar surface area (TPSA) is 79.3 Å². The van der Waals surface area contributed by atoms with Crippen molar-refractivity contribution in [2.45, 2.75) is 13.0 Å². The maximum atomic E-state index is 13.4. The number of aliphatic hydroxyl groups is 1. The van der Waals surface area contributed by atoms with Gasteiger partial charge in [-0.2, -0.15) is 0 Å². The number of ketones is 1. The van der Waals surface area contributed by atoms with Crippen LogP contribution in [0.25, 0.3) is 5.76 Å². The van der Waals surface area contributed by atoms with Crippen molar-refractivity contribution in [3.8, 4) is 11.5 Å². The lowest BCUT2D eigenvalue weighted by Crippen LogP contribution is -2.29. The number of hydrogen-bond acceptors (Lipinski definition) is 6. The molecular weight excluding hydrogens is 480 g/mol. The van der Waals surface area contributed by atoms with Gasteiger partial charge in [0.25, 0.3) is 11.7 Å². The molecule has 1 atom stereocenters. The van der Waals surface area contributed by atoms with Gasteiger partial charge in [0.15, 0.2) is 0 Å². The smallest absolute Gasteiger partial charge is 0.300 e. The Labute approximate surface area is 215 Å². The SMILES string of the molecule is COc1cc(/C(O)=C2\C(=O)C(=O)N(c3ccc(C)cc3)C2c2ccc(N(C)C)cc2)c(OC)cc1Cl. The summed E-state index contributed by atoms with van der Waals surface area (Å²) in [7, 11) is 6.72. The van der Waals surface area contributed by atoms with Crippen LogP contribution < -0.4 is 19.3 Å². The molecule has 3 aromatic rings. The molecule has 186 valence electrons. The second-order valence-electron chi connectivity index (χ2n) is 8.68. The predicted octanol–water partition coefficient (Wildman–Crippen LogP) is 5.36. The van der Waals surface area contributed by atoms with Crippen LogP contribution in [-0.4, -0.2) is 45.1 Å². The van der Waals surface area contributed by atoms with E-state index in [1.54, 1.807) is 12.1 Å². The van der Waals surface area contributed by atoms with Crippen LogP contribution in [0, 0.1) is 6.92 Å². The van der Waals surface area contributed by atoms with E-state index < -0.39 is 17.7 Å². The molecule has 0 radical (unpaired) electrons. The molecule has 0 aliphatic carbocycles. The molecule has 1 amide bonds. The van der Waals surface area contributed by atoms with E-state index in [1.165, 1.54) is 31.3 Å². The summed E-state index contributed by atoms with van der Waals surface area (Å²) >= 11 is 6.24. The largest absolute Gasteiger partial charge is 0.507 e. The highest BCUT2D eigenvalue weighted by Gasteiger charge is 2.47. The van der Waals surface area contributed by atoms with Crippen LogP contribution in [0.5, 0.6) is 11.5 Å². The molecule has 1 aliphatic heterocycles. The summed E-state index contributed by atoms with van der Waals surface area (Å²) in [6.45, 7) is 1.94. The molecule has 4 rings (SSSR count). The number of nitrogens with zero attached hydrogens (tertiary/aromatic N) is 2. The third-order valence-corrected chi connectivity index (χ3v) is 6.51. The van der Waals surface area contributed by atoms with Crippen molar-refractivity contribution in [2.24, 2.45) is 0 Å². The number of methoxy groups -OCH3 is 2. The summed E-state index contributed by atoms with van der Waals surface area (Å²) in [5.41, 5.74) is 3.32. The summed E-state index contributed by atoms with van der Waals surface area (Å²) in [5, 5.41) is 11.8. The molecule has 1 heterocycles. The van der Waals surface area contributed by atoms with Crippen molar-refractivity contribution in [2.75, 3.05) is 38.1 Å². The quantitative estimate of drug-likeness (QED) is 0.275. The van der Waals surface area contributed by atoms with Gasteiger partial charge in [-0.25, -0.2) is 0 Å². The second-order valence-corrected chi connectivity index (χ2v) is 9.08. The van der Waals surface area contributed by atoms with Crippen molar-refractivity contribution in [3.63, 3.8) is 0 Å². The Morgan fingerprint density at radius 1 is 0.944 bits per heavy atom. The summed E-state index contributed by atoms with van der Waals surface area (Å²) in [6, 6.07) is 16.9. The standard InChI is InChI=1S/C28H27ClN2O5/c1-16-6-10-19(11-7-16)31-25(17-8-12-18(13-9-17)30(2)3)24(27(33)28(31)34)26(32)20-14-23(36-5)21(29)15-22(20)35-4/h6-15,25,32H,1-5H3/b26-24+. The number of halogens is 1. The number of aryl methyl sites for hydroxylation is 1. The van der Waals surface area contributed by atoms with Crippen molar-refractivity contribution in [1.82, 2.24) is 0 Å². The Kier molecular flexibility index (Phi) is 6.95. The number of amides is 1. The molecule has 1 N–H and O–H groups in total. The Morgan fingerprint density at radius 3 is 2.11 bits per heavy atom. The zero-order chi connectivity index (χ0) is 26.1. The number of carbonyl (C=O) groups excluding carboxylic acids is 2. The number of hydrogen-bond donors (Lipinski definition) is 1. The molecular formula is C28H27ClN2O5. The zero-order valence-electron chi connectivity index (χ0n) is 20.7. The number of ether oxygens (including phenoxy) is 2. The molecule has 0 bridgehead atoms. The van der Waals surface area contributed by atoms with Crippen LogP contribution in [0.1, 0.15) is 22.7 Å². The van der Waals surface area contributed by atoms with Gasteiger partial charge in [-0.1, -0.05) is 41.4 Å². The molecule has 0 aromatic heterocycles. The zero-order valence-corrected chi connectivity index (χ0v) is 21.5. The molecule has 3 aromatic carbocycles. The molecule has 1 fully saturated rings. The van der Waals surface area contributed by atoms with E-state index in [2.05, 4.69) is 0 Å². The molecule has 1 unspecified atom stereocenters. The number of rotatable bonds is 6. The lowest BCUT2D eigenvalue weighted by molar-refractivity contribution is -0.132. The van der Waals surface area contributed by atoms with E-state index >= 15 is 0 Å². The van der Waals surface area contributed by atoms with Crippen molar-refractivity contribution < 1.29 is 24.2 Å². The first-order valence-electron chi connectivity index (χ1n) is 11.2. The fourth-order valence-corrected chi connectivity index (χ4v) is 4.50. The average molecular weight is 507 g/mol. The minimum absolute atomic E-state index is 0.0548. The van der Waals surface area contributed by atoms with Gasteiger partial charge in [-0.15, -0.1) is 0 Å². The number of Topliss-reactive ketones (excluding diaryl/α,β-unsaturated/α-hetero) is 1. The van der Waals surface area contributed by atoms with Gasteiger partial charge in [0, 0.05) is 31.5 Å². The summed E-state index contributed by atoms with van der Waals surface area (Å²) in [6.07, 6.45) is 0. The first kappa shape index (κ1) is 25.1. The monoisotopic (exact) mass is 506 g/mol. The van der Waals surface area contributed by atoms with E-state index in [1.807, 2.05) is 62.3 Å². The minimum Gasteiger partial charge on any atom is -0.507 e. The first-order chi connectivity index (χ1) is 17.2. The van der Waals surface area contributed by atoms with E-state index in [0.717, 1.165) is 11.3 Å². The van der Waals surface area contributed by atoms with Crippen LogP contribution in [-0.2, 0) is 9.59 Å². The Bertz CT molecular complexity index is 1350. The fraction of sp³-hybridized carbons (Fsp3) is 0.214. The second kappa shape index (κ2) is 9.95. The van der Waals surface area contributed by atoms with Gasteiger partial charge in [0.2, 0.25) is 0 Å². The van der Waals surface area contributed by atoms with Crippen LogP contribution in [0.15, 0.2) is 66.2 Å². The summed E-state index contributed by atoms with van der Waals surface area (Å²) < 4.78 is 10.7. The lowest BCUT2D eigenvalue weighted by atomic mass is 9.94. The molecule has 8 heteroatoms. The Morgan fingerprint density at radius 2 is 1.56 bits per heavy atom. The summed E-state index contributed by atoms with van der Waals surface area (Å²) in [5.74, 6) is -1.38. The van der Waals surface area contributed by atoms with Gasteiger partial charge in [0.1, 0.15) is 17.3 Å². The third kappa shape index (κ3) is 4.38. The minimum atomic E-state index is -0.865. The normalized spacial score (nSPS) is 16.8. The number of anilines is 2. The van der Waals surface area contributed by atoms with Crippen molar-refractivity contribution >= 4 is 40.4 Å². The molecule has 0 spiro atoms. The fourth-order valence-electron chi connectivity index (χ4n) is 4.26. The predicted molar refractivity (Wildman–Crippen MR) is 141 cm³/mol. The maximum absolute atomic E-state index is 13.4. The average Bonchev–Trinajstić information content (AvgIpc) is 3.14. The van der Waals surface area contributed by atoms with Crippen LogP contribution >= 0.6 is 11.6 Å². The molecule has 1 saturated heterocycles. The van der Waals surface area contributed by atoms with E-state index in [-0.39, 0.29) is 27.7 Å². The molecule has 1 aliphatic rings. The third-order valence-electron chi connectivity index (χ3n) is 6.21. The number of carbonyl (C=O) groups is 2. The highest BCUT2D eigenvalue weighted by Crippen LogP contribution is 2.45. The van der Waals surface area contributed by atoms with Gasteiger partial charge in [0.05, 0.1) is 36.4 Å². The lowest BCUT2D eigenvalue weighted by Gasteiger charge is -2.26. The van der Waals surface area contributed by atoms with Crippen LogP contribution in [0.4, 0.5) is 11.4 Å². The van der Waals surface area contributed by atoms with E-state index in [9.17, 15) is 14.7 Å². The van der Waals surface area contributed by atoms with Crippen LogP contribution in [0.3, 0.4) is 0 Å². The van der Waals surface area contributed by atoms with Crippen LogP contribution in [0.2, 0.25) is 5.02 Å². The maximum Gasteiger partial charge on any atom is 0.300 e. The summed E-state index contributed by atoms with van der Waals surface area (Å²) in [4.78, 5) is 30.2. The highest BCUT2D eigenvalue weighted by atomic mass is 35.5. The number of aliphatic hydroxyl groups excluding tert-OH is 1. The van der Waals surface area contributed by atoms with Gasteiger partial charge in [-0.05, 0) is 42.8 Å². The Balaban J connectivity index is 1.98. The van der Waals surface area contributed by atoms with E-state index in [4.69, 9.17) is 21.1 Å².